The minimum Gasteiger partial charge on any atom is -0.373 e. The Kier molecular flexibility index (Phi) is 4.60. The number of imidazole rings is 1. The molecule has 3 atom stereocenters. The Morgan fingerprint density at radius 2 is 2.00 bits per heavy atom. The van der Waals surface area contributed by atoms with E-state index in [1.807, 2.05) is 12.5 Å². The number of rotatable bonds is 4. The first-order valence-electron chi connectivity index (χ1n) is 7.14. The van der Waals surface area contributed by atoms with Gasteiger partial charge < -0.3 is 15.0 Å². The van der Waals surface area contributed by atoms with Crippen molar-refractivity contribution in [2.75, 3.05) is 19.6 Å². The van der Waals surface area contributed by atoms with Crippen molar-refractivity contribution in [2.45, 2.75) is 52.0 Å². The van der Waals surface area contributed by atoms with Crippen molar-refractivity contribution in [1.29, 1.82) is 0 Å². The van der Waals surface area contributed by atoms with Crippen LogP contribution in [0.5, 0.6) is 0 Å². The molecule has 108 valence electrons. The van der Waals surface area contributed by atoms with E-state index in [1.165, 1.54) is 5.69 Å². The predicted octanol–water partition coefficient (Wildman–Crippen LogP) is 1.57. The molecule has 0 aromatic carbocycles. The number of hydrogen-bond acceptors (Lipinski definition) is 4. The van der Waals surface area contributed by atoms with Crippen LogP contribution in [0.3, 0.4) is 0 Å². The minimum absolute atomic E-state index is 0.221. The van der Waals surface area contributed by atoms with Gasteiger partial charge in [0.15, 0.2) is 0 Å². The van der Waals surface area contributed by atoms with E-state index in [4.69, 9.17) is 10.5 Å². The number of aromatic nitrogens is 2. The topological polar surface area (TPSA) is 56.3 Å². The van der Waals surface area contributed by atoms with Gasteiger partial charge in [0.1, 0.15) is 0 Å². The van der Waals surface area contributed by atoms with Gasteiger partial charge in [-0.05, 0) is 27.7 Å². The molecule has 0 amide bonds. The lowest BCUT2D eigenvalue weighted by atomic mass is 10.1. The highest BCUT2D eigenvalue weighted by atomic mass is 16.5. The van der Waals surface area contributed by atoms with Crippen molar-refractivity contribution in [2.24, 2.45) is 5.73 Å². The van der Waals surface area contributed by atoms with Crippen LogP contribution in [-0.4, -0.2) is 46.3 Å². The molecule has 0 aliphatic carbocycles. The van der Waals surface area contributed by atoms with E-state index in [0.717, 1.165) is 13.1 Å². The first-order chi connectivity index (χ1) is 9.02. The molecule has 1 aliphatic rings. The number of hydrogen-bond donors (Lipinski definition) is 1. The molecular formula is C14H26N4O. The lowest BCUT2D eigenvalue weighted by Crippen LogP contribution is -2.49. The fourth-order valence-electron chi connectivity index (χ4n) is 2.93. The first-order valence-corrected chi connectivity index (χ1v) is 7.14. The first kappa shape index (κ1) is 14.5. The van der Waals surface area contributed by atoms with E-state index in [9.17, 15) is 0 Å². The zero-order valence-electron chi connectivity index (χ0n) is 12.4. The molecule has 1 saturated heterocycles. The van der Waals surface area contributed by atoms with Crippen LogP contribution in [0.2, 0.25) is 0 Å². The van der Waals surface area contributed by atoms with Crippen molar-refractivity contribution in [3.63, 3.8) is 0 Å². The molecule has 1 aliphatic heterocycles. The van der Waals surface area contributed by atoms with Crippen molar-refractivity contribution in [3.8, 4) is 0 Å². The van der Waals surface area contributed by atoms with Crippen LogP contribution in [-0.2, 0) is 4.74 Å². The van der Waals surface area contributed by atoms with Gasteiger partial charge in [0.25, 0.3) is 0 Å². The lowest BCUT2D eigenvalue weighted by molar-refractivity contribution is -0.0807. The average molecular weight is 266 g/mol. The molecule has 5 nitrogen and oxygen atoms in total. The van der Waals surface area contributed by atoms with Gasteiger partial charge in [0.2, 0.25) is 0 Å². The summed E-state index contributed by atoms with van der Waals surface area (Å²) in [4.78, 5) is 6.72. The zero-order valence-corrected chi connectivity index (χ0v) is 12.4. The highest BCUT2D eigenvalue weighted by molar-refractivity contribution is 5.08. The average Bonchev–Trinajstić information content (AvgIpc) is 2.78. The number of nitrogens with two attached hydrogens (primary N) is 1. The maximum absolute atomic E-state index is 6.03. The van der Waals surface area contributed by atoms with Gasteiger partial charge in [0, 0.05) is 31.9 Å². The van der Waals surface area contributed by atoms with E-state index in [1.54, 1.807) is 0 Å². The lowest BCUT2D eigenvalue weighted by Gasteiger charge is -2.40. The Bertz CT molecular complexity index is 394. The van der Waals surface area contributed by atoms with Gasteiger partial charge >= 0.3 is 0 Å². The number of nitrogens with zero attached hydrogens (tertiary/aromatic N) is 3. The van der Waals surface area contributed by atoms with E-state index < -0.39 is 0 Å². The second-order valence-corrected chi connectivity index (χ2v) is 5.78. The molecule has 1 aromatic heterocycles. The van der Waals surface area contributed by atoms with E-state index in [2.05, 4.69) is 42.1 Å². The molecule has 0 spiro atoms. The quantitative estimate of drug-likeness (QED) is 0.899. The third-order valence-corrected chi connectivity index (χ3v) is 3.71. The SMILES string of the molecule is CC(C)n1cncc1C(CN)N1C[C@@H](C)O[C@@H](C)C1. The molecule has 1 fully saturated rings. The van der Waals surface area contributed by atoms with Crippen LogP contribution in [0.1, 0.15) is 45.5 Å². The second-order valence-electron chi connectivity index (χ2n) is 5.78. The Morgan fingerprint density at radius 1 is 1.37 bits per heavy atom. The smallest absolute Gasteiger partial charge is 0.0951 e. The number of ether oxygens (including phenoxy) is 1. The van der Waals surface area contributed by atoms with Crippen molar-refractivity contribution >= 4 is 0 Å². The van der Waals surface area contributed by atoms with Crippen molar-refractivity contribution in [3.05, 3.63) is 18.2 Å². The summed E-state index contributed by atoms with van der Waals surface area (Å²) in [5.41, 5.74) is 7.24. The van der Waals surface area contributed by atoms with Gasteiger partial charge in [-0.25, -0.2) is 4.98 Å². The molecule has 19 heavy (non-hydrogen) atoms. The van der Waals surface area contributed by atoms with E-state index in [0.29, 0.717) is 12.6 Å². The summed E-state index contributed by atoms with van der Waals surface area (Å²) in [6, 6.07) is 0.626. The molecule has 0 bridgehead atoms. The van der Waals surface area contributed by atoms with Crippen LogP contribution in [0.4, 0.5) is 0 Å². The van der Waals surface area contributed by atoms with E-state index in [-0.39, 0.29) is 18.2 Å². The minimum atomic E-state index is 0.221. The zero-order chi connectivity index (χ0) is 14.0. The standard InChI is InChI=1S/C14H26N4O/c1-10(2)18-9-16-6-14(18)13(5-15)17-7-11(3)19-12(4)8-17/h6,9-13H,5,7-8,15H2,1-4H3/t11-,12+,13?. The molecule has 1 aromatic rings. The largest absolute Gasteiger partial charge is 0.373 e. The van der Waals surface area contributed by atoms with Gasteiger partial charge in [-0.15, -0.1) is 0 Å². The van der Waals surface area contributed by atoms with Crippen LogP contribution in [0, 0.1) is 0 Å². The van der Waals surface area contributed by atoms with Crippen LogP contribution < -0.4 is 5.73 Å². The Balaban J connectivity index is 2.21. The molecule has 0 saturated carbocycles. The normalized spacial score (nSPS) is 26.8. The molecule has 5 heteroatoms. The summed E-state index contributed by atoms with van der Waals surface area (Å²) in [7, 11) is 0. The monoisotopic (exact) mass is 266 g/mol. The highest BCUT2D eigenvalue weighted by Crippen LogP contribution is 2.25. The van der Waals surface area contributed by atoms with Crippen molar-refractivity contribution < 1.29 is 4.74 Å². The van der Waals surface area contributed by atoms with Gasteiger partial charge in [-0.1, -0.05) is 0 Å². The molecule has 1 unspecified atom stereocenters. The maximum atomic E-state index is 6.03. The fourth-order valence-corrected chi connectivity index (χ4v) is 2.93. The summed E-state index contributed by atoms with van der Waals surface area (Å²) in [6.07, 6.45) is 4.36. The summed E-state index contributed by atoms with van der Waals surface area (Å²) >= 11 is 0. The number of morpholine rings is 1. The Hall–Kier alpha value is -0.910. The third kappa shape index (κ3) is 3.16. The predicted molar refractivity (Wildman–Crippen MR) is 76.0 cm³/mol. The van der Waals surface area contributed by atoms with Gasteiger partial charge in [-0.3, -0.25) is 4.90 Å². The van der Waals surface area contributed by atoms with Gasteiger partial charge in [-0.2, -0.15) is 0 Å². The van der Waals surface area contributed by atoms with Crippen molar-refractivity contribution in [1.82, 2.24) is 14.5 Å². The Morgan fingerprint density at radius 3 is 2.53 bits per heavy atom. The summed E-state index contributed by atoms with van der Waals surface area (Å²) in [5, 5.41) is 0. The third-order valence-electron chi connectivity index (χ3n) is 3.71. The highest BCUT2D eigenvalue weighted by Gasteiger charge is 2.30. The van der Waals surface area contributed by atoms with Crippen LogP contribution in [0.25, 0.3) is 0 Å². The van der Waals surface area contributed by atoms with Crippen LogP contribution >= 0.6 is 0 Å². The van der Waals surface area contributed by atoms with Crippen LogP contribution in [0.15, 0.2) is 12.5 Å². The molecule has 2 rings (SSSR count). The van der Waals surface area contributed by atoms with Gasteiger partial charge in [0.05, 0.1) is 30.3 Å². The second kappa shape index (κ2) is 6.03. The summed E-state index contributed by atoms with van der Waals surface area (Å²) in [6.45, 7) is 11.0. The fraction of sp³-hybridized carbons (Fsp3) is 0.786. The Labute approximate surface area is 115 Å². The molecule has 2 N–H and O–H groups in total. The summed E-state index contributed by atoms with van der Waals surface area (Å²) in [5.74, 6) is 0. The summed E-state index contributed by atoms with van der Waals surface area (Å²) < 4.78 is 8.01. The molecular weight excluding hydrogens is 240 g/mol. The molecule has 0 radical (unpaired) electrons. The molecule has 2 heterocycles. The maximum Gasteiger partial charge on any atom is 0.0951 e. The van der Waals surface area contributed by atoms with E-state index >= 15 is 0 Å².